The number of aromatic nitrogens is 2. The number of aliphatic imine (C=N–C) groups is 1. The molecule has 1 unspecified atom stereocenters. The Balaban J connectivity index is 1.70. The van der Waals surface area contributed by atoms with E-state index in [1.54, 1.807) is 22.1 Å². The van der Waals surface area contributed by atoms with Crippen LogP contribution in [0.5, 0.6) is 0 Å². The number of fused-ring (bicyclic) bond motifs is 2. The number of hydrogen-bond acceptors (Lipinski definition) is 4. The summed E-state index contributed by atoms with van der Waals surface area (Å²) in [6, 6.07) is 10.2. The fraction of sp³-hybridized carbons (Fsp3) is 0.269. The molecule has 1 aliphatic rings. The van der Waals surface area contributed by atoms with Gasteiger partial charge in [-0.25, -0.2) is 14.1 Å². The Morgan fingerprint density at radius 1 is 1.20 bits per heavy atom. The van der Waals surface area contributed by atoms with Crippen molar-refractivity contribution in [2.24, 2.45) is 4.99 Å². The number of halogens is 3. The van der Waals surface area contributed by atoms with E-state index in [-0.39, 0.29) is 17.5 Å². The predicted octanol–water partition coefficient (Wildman–Crippen LogP) is 6.74. The second-order valence-electron chi connectivity index (χ2n) is 8.77. The van der Waals surface area contributed by atoms with Crippen molar-refractivity contribution in [1.29, 1.82) is 0 Å². The Labute approximate surface area is 220 Å². The molecule has 180 valence electrons. The topological polar surface area (TPSA) is 59.7 Å². The molecule has 9 heteroatoms. The van der Waals surface area contributed by atoms with Crippen LogP contribution in [-0.4, -0.2) is 47.5 Å². The zero-order valence-corrected chi connectivity index (χ0v) is 22.2. The van der Waals surface area contributed by atoms with Gasteiger partial charge < -0.3 is 9.64 Å². The van der Waals surface area contributed by atoms with Gasteiger partial charge in [0.05, 0.1) is 12.0 Å². The molecule has 0 aliphatic carbocycles. The van der Waals surface area contributed by atoms with E-state index >= 15 is 0 Å². The van der Waals surface area contributed by atoms with Crippen LogP contribution < -0.4 is 0 Å². The molecule has 0 bridgehead atoms. The normalized spacial score (nSPS) is 16.4. The van der Waals surface area contributed by atoms with Crippen molar-refractivity contribution in [3.8, 4) is 0 Å². The summed E-state index contributed by atoms with van der Waals surface area (Å²) in [6.07, 6.45) is 5.91. The number of ether oxygens (including phenoxy) is 1. The molecule has 0 N–H and O–H groups in total. The lowest BCUT2D eigenvalue weighted by Crippen LogP contribution is -2.18. The average Bonchev–Trinajstić information content (AvgIpc) is 3.30. The van der Waals surface area contributed by atoms with Crippen LogP contribution in [0.1, 0.15) is 41.4 Å². The highest BCUT2D eigenvalue weighted by molar-refractivity contribution is 14.1. The molecule has 2 heterocycles. The summed E-state index contributed by atoms with van der Waals surface area (Å²) >= 11 is 8.53. The van der Waals surface area contributed by atoms with Crippen LogP contribution >= 0.6 is 34.2 Å². The molecule has 4 aromatic rings. The van der Waals surface area contributed by atoms with Crippen LogP contribution in [0.25, 0.3) is 21.7 Å². The summed E-state index contributed by atoms with van der Waals surface area (Å²) in [5.74, 6) is -0.735. The van der Waals surface area contributed by atoms with E-state index in [4.69, 9.17) is 16.3 Å². The lowest BCUT2D eigenvalue weighted by Gasteiger charge is -2.22. The highest BCUT2D eigenvalue weighted by Gasteiger charge is 2.24. The summed E-state index contributed by atoms with van der Waals surface area (Å²) < 4.78 is 23.1. The summed E-state index contributed by atoms with van der Waals surface area (Å²) in [6.45, 7) is 0.639. The van der Waals surface area contributed by atoms with Crippen LogP contribution in [0.3, 0.4) is 0 Å². The predicted molar refractivity (Wildman–Crippen MR) is 145 cm³/mol. The van der Waals surface area contributed by atoms with Crippen molar-refractivity contribution in [1.82, 2.24) is 14.7 Å². The Kier molecular flexibility index (Phi) is 6.78. The second-order valence-corrected chi connectivity index (χ2v) is 10.4. The summed E-state index contributed by atoms with van der Waals surface area (Å²) in [4.78, 5) is 20.4. The van der Waals surface area contributed by atoms with Crippen molar-refractivity contribution >= 4 is 73.7 Å². The minimum atomic E-state index is -0.475. The van der Waals surface area contributed by atoms with E-state index in [0.717, 1.165) is 33.6 Å². The SMILES string of the molecule is CN(C)/C=N/c1c(C(=O)c2ccc(F)c3nn(C4CCCCO4)cc23)cc(I)c2ccc(Cl)cc12. The van der Waals surface area contributed by atoms with Crippen molar-refractivity contribution in [3.05, 3.63) is 68.1 Å². The van der Waals surface area contributed by atoms with Gasteiger partial charge in [0.1, 0.15) is 11.7 Å². The van der Waals surface area contributed by atoms with Crippen LogP contribution in [0.15, 0.2) is 47.6 Å². The fourth-order valence-corrected chi connectivity index (χ4v) is 5.29. The van der Waals surface area contributed by atoms with Crippen molar-refractivity contribution < 1.29 is 13.9 Å². The molecule has 35 heavy (non-hydrogen) atoms. The third kappa shape index (κ3) is 4.66. The monoisotopic (exact) mass is 604 g/mol. The number of carbonyl (C=O) groups is 1. The van der Waals surface area contributed by atoms with Gasteiger partial charge in [-0.3, -0.25) is 4.79 Å². The van der Waals surface area contributed by atoms with Crippen molar-refractivity contribution in [3.63, 3.8) is 0 Å². The number of nitrogens with zero attached hydrogens (tertiary/aromatic N) is 4. The average molecular weight is 605 g/mol. The maximum atomic E-state index is 14.7. The minimum Gasteiger partial charge on any atom is -0.369 e. The van der Waals surface area contributed by atoms with Crippen LogP contribution in [0, 0.1) is 9.39 Å². The summed E-state index contributed by atoms with van der Waals surface area (Å²) in [5.41, 5.74) is 1.45. The first-order valence-corrected chi connectivity index (χ1v) is 12.7. The van der Waals surface area contributed by atoms with Gasteiger partial charge in [-0.15, -0.1) is 0 Å². The van der Waals surface area contributed by atoms with E-state index in [0.29, 0.717) is 33.8 Å². The molecule has 5 rings (SSSR count). The van der Waals surface area contributed by atoms with Crippen molar-refractivity contribution in [2.75, 3.05) is 20.7 Å². The standard InChI is InChI=1S/C26H23ClFIN4O2/c1-32(2)14-30-24-18-11-15(27)6-7-16(18)22(29)12-19(24)26(34)17-8-9-21(28)25-20(17)13-33(31-25)23-5-3-4-10-35-23/h6-9,11-14,23H,3-5,10H2,1-2H3/b30-14+. The molecular formula is C26H23ClFIN4O2. The Morgan fingerprint density at radius 2 is 2.03 bits per heavy atom. The number of hydrogen-bond donors (Lipinski definition) is 0. The third-order valence-electron chi connectivity index (χ3n) is 6.02. The number of ketones is 1. The van der Waals surface area contributed by atoms with Crippen LogP contribution in [0.2, 0.25) is 5.02 Å². The van der Waals surface area contributed by atoms with Gasteiger partial charge in [0.2, 0.25) is 0 Å². The maximum Gasteiger partial charge on any atom is 0.196 e. The smallest absolute Gasteiger partial charge is 0.196 e. The van der Waals surface area contributed by atoms with Gasteiger partial charge in [-0.2, -0.15) is 5.10 Å². The Bertz CT molecular complexity index is 1480. The van der Waals surface area contributed by atoms with Gasteiger partial charge in [-0.1, -0.05) is 17.7 Å². The first-order valence-electron chi connectivity index (χ1n) is 11.3. The highest BCUT2D eigenvalue weighted by atomic mass is 127. The van der Waals surface area contributed by atoms with Gasteiger partial charge in [0.25, 0.3) is 0 Å². The van der Waals surface area contributed by atoms with Crippen LogP contribution in [-0.2, 0) is 4.74 Å². The van der Waals surface area contributed by atoms with Gasteiger partial charge >= 0.3 is 0 Å². The first kappa shape index (κ1) is 24.1. The molecule has 0 radical (unpaired) electrons. The largest absolute Gasteiger partial charge is 0.369 e. The van der Waals surface area contributed by atoms with E-state index in [1.807, 2.05) is 38.4 Å². The van der Waals surface area contributed by atoms with Gasteiger partial charge in [-0.05, 0) is 77.6 Å². The van der Waals surface area contributed by atoms with E-state index in [2.05, 4.69) is 32.7 Å². The molecular weight excluding hydrogens is 582 g/mol. The fourth-order valence-electron chi connectivity index (χ4n) is 4.34. The van der Waals surface area contributed by atoms with E-state index < -0.39 is 5.82 Å². The molecule has 1 atom stereocenters. The maximum absolute atomic E-state index is 14.7. The highest BCUT2D eigenvalue weighted by Crippen LogP contribution is 2.37. The Hall–Kier alpha value is -2.56. The number of carbonyl (C=O) groups excluding carboxylic acids is 1. The lowest BCUT2D eigenvalue weighted by atomic mass is 9.95. The molecule has 6 nitrogen and oxygen atoms in total. The lowest BCUT2D eigenvalue weighted by molar-refractivity contribution is -0.0391. The molecule has 1 aliphatic heterocycles. The first-order chi connectivity index (χ1) is 16.8. The zero-order valence-electron chi connectivity index (χ0n) is 19.3. The molecule has 0 saturated carbocycles. The van der Waals surface area contributed by atoms with Crippen LogP contribution in [0.4, 0.5) is 10.1 Å². The molecule has 1 saturated heterocycles. The van der Waals surface area contributed by atoms with Gasteiger partial charge in [0.15, 0.2) is 11.6 Å². The molecule has 0 spiro atoms. The van der Waals surface area contributed by atoms with E-state index in [9.17, 15) is 9.18 Å². The third-order valence-corrected chi connectivity index (χ3v) is 7.15. The zero-order chi connectivity index (χ0) is 24.7. The van der Waals surface area contributed by atoms with Gasteiger partial charge in [0, 0.05) is 57.4 Å². The molecule has 1 fully saturated rings. The van der Waals surface area contributed by atoms with E-state index in [1.165, 1.54) is 12.1 Å². The summed E-state index contributed by atoms with van der Waals surface area (Å²) in [5, 5.41) is 7.17. The molecule has 3 aromatic carbocycles. The molecule has 1 aromatic heterocycles. The quantitative estimate of drug-likeness (QED) is 0.110. The number of benzene rings is 3. The Morgan fingerprint density at radius 3 is 2.77 bits per heavy atom. The minimum absolute atomic E-state index is 0.155. The number of rotatable bonds is 5. The summed E-state index contributed by atoms with van der Waals surface area (Å²) in [7, 11) is 3.72. The second kappa shape index (κ2) is 9.83. The van der Waals surface area contributed by atoms with Crippen molar-refractivity contribution in [2.45, 2.75) is 25.5 Å². The molecule has 0 amide bonds.